The Labute approximate surface area is 107 Å². The van der Waals surface area contributed by atoms with E-state index in [9.17, 15) is 8.42 Å². The van der Waals surface area contributed by atoms with Gasteiger partial charge in [0.05, 0.1) is 18.1 Å². The van der Waals surface area contributed by atoms with Crippen LogP contribution in [-0.2, 0) is 10.0 Å². The number of hydrogen-bond donors (Lipinski definition) is 2. The second-order valence-corrected chi connectivity index (χ2v) is 6.12. The van der Waals surface area contributed by atoms with Crippen molar-refractivity contribution in [3.63, 3.8) is 0 Å². The Morgan fingerprint density at radius 2 is 2.17 bits per heavy atom. The van der Waals surface area contributed by atoms with Gasteiger partial charge >= 0.3 is 0 Å². The van der Waals surface area contributed by atoms with Gasteiger partial charge in [-0.2, -0.15) is 0 Å². The number of nitrogens with zero attached hydrogens (tertiary/aromatic N) is 2. The number of sulfonamides is 1. The lowest BCUT2D eigenvalue weighted by Crippen LogP contribution is -2.28. The third kappa shape index (κ3) is 3.85. The van der Waals surface area contributed by atoms with E-state index in [-0.39, 0.29) is 0 Å². The summed E-state index contributed by atoms with van der Waals surface area (Å²) in [6, 6.07) is 3.58. The van der Waals surface area contributed by atoms with Gasteiger partial charge in [0.15, 0.2) is 0 Å². The Balaban J connectivity index is 2.06. The second-order valence-electron chi connectivity index (χ2n) is 4.37. The number of nitrogens with one attached hydrogen (secondary N) is 2. The zero-order valence-electron chi connectivity index (χ0n) is 10.4. The molecule has 6 nitrogen and oxygen atoms in total. The Bertz CT molecular complexity index is 478. The lowest BCUT2D eigenvalue weighted by molar-refractivity contribution is 0.607. The topological polar surface area (TPSA) is 74.3 Å². The summed E-state index contributed by atoms with van der Waals surface area (Å²) < 4.78 is 24.6. The zero-order valence-corrected chi connectivity index (χ0v) is 11.2. The molecule has 0 spiro atoms. The fourth-order valence-electron chi connectivity index (χ4n) is 1.92. The monoisotopic (exact) mass is 270 g/mol. The van der Waals surface area contributed by atoms with E-state index in [0.29, 0.717) is 5.69 Å². The van der Waals surface area contributed by atoms with E-state index >= 15 is 0 Å². The Morgan fingerprint density at radius 3 is 2.83 bits per heavy atom. The first-order chi connectivity index (χ1) is 8.54. The highest BCUT2D eigenvalue weighted by Gasteiger charge is 2.10. The van der Waals surface area contributed by atoms with Gasteiger partial charge in [0.2, 0.25) is 10.0 Å². The van der Waals surface area contributed by atoms with E-state index in [1.54, 1.807) is 12.3 Å². The molecule has 2 rings (SSSR count). The minimum atomic E-state index is -3.23. The minimum Gasteiger partial charge on any atom is -0.355 e. The highest BCUT2D eigenvalue weighted by atomic mass is 32.2. The van der Waals surface area contributed by atoms with Crippen molar-refractivity contribution in [2.75, 3.05) is 42.1 Å². The highest BCUT2D eigenvalue weighted by Crippen LogP contribution is 2.15. The van der Waals surface area contributed by atoms with Gasteiger partial charge < -0.3 is 10.2 Å². The van der Waals surface area contributed by atoms with Crippen molar-refractivity contribution < 1.29 is 8.42 Å². The second kappa shape index (κ2) is 5.53. The maximum absolute atomic E-state index is 11.1. The van der Waals surface area contributed by atoms with Crippen molar-refractivity contribution in [3.05, 3.63) is 18.3 Å². The van der Waals surface area contributed by atoms with Crippen LogP contribution in [0.3, 0.4) is 0 Å². The van der Waals surface area contributed by atoms with Crippen LogP contribution in [0.2, 0.25) is 0 Å². The molecule has 1 aliphatic rings. The molecule has 100 valence electrons. The molecule has 1 aromatic heterocycles. The summed E-state index contributed by atoms with van der Waals surface area (Å²) in [6.07, 6.45) is 3.76. The molecule has 7 heteroatoms. The predicted octanol–water partition coefficient (Wildman–Crippen LogP) is 0.253. The van der Waals surface area contributed by atoms with E-state index in [1.165, 1.54) is 0 Å². The van der Waals surface area contributed by atoms with Crippen LogP contribution in [0.5, 0.6) is 0 Å². The van der Waals surface area contributed by atoms with Crippen molar-refractivity contribution in [1.82, 2.24) is 10.3 Å². The average Bonchev–Trinajstić information content (AvgIpc) is 2.56. The van der Waals surface area contributed by atoms with Gasteiger partial charge in [0, 0.05) is 19.6 Å². The van der Waals surface area contributed by atoms with E-state index < -0.39 is 10.0 Å². The molecule has 2 N–H and O–H groups in total. The normalized spacial score (nSPS) is 17.3. The average molecular weight is 270 g/mol. The van der Waals surface area contributed by atoms with Gasteiger partial charge in [-0.1, -0.05) is 0 Å². The number of rotatable bonds is 3. The van der Waals surface area contributed by atoms with Crippen LogP contribution in [0.25, 0.3) is 0 Å². The number of aromatic nitrogens is 1. The third-order valence-electron chi connectivity index (χ3n) is 2.72. The van der Waals surface area contributed by atoms with Crippen LogP contribution in [0, 0.1) is 0 Å². The zero-order chi connectivity index (χ0) is 13.0. The van der Waals surface area contributed by atoms with E-state index in [2.05, 4.69) is 19.9 Å². The molecular formula is C11H18N4O2S. The predicted molar refractivity (Wildman–Crippen MR) is 72.4 cm³/mol. The molecule has 18 heavy (non-hydrogen) atoms. The van der Waals surface area contributed by atoms with Gasteiger partial charge in [0.25, 0.3) is 0 Å². The highest BCUT2D eigenvalue weighted by molar-refractivity contribution is 7.92. The Hall–Kier alpha value is -1.34. The first-order valence-electron chi connectivity index (χ1n) is 5.94. The first kappa shape index (κ1) is 13.1. The summed E-state index contributed by atoms with van der Waals surface area (Å²) >= 11 is 0. The standard InChI is InChI=1S/C11H18N4O2S/c1-18(16,17)14-10-3-4-11(13-9-10)15-7-2-5-12-6-8-15/h3-4,9,12,14H,2,5-8H2,1H3. The molecule has 0 unspecified atom stereocenters. The molecule has 1 fully saturated rings. The fourth-order valence-corrected chi connectivity index (χ4v) is 2.47. The van der Waals surface area contributed by atoms with Gasteiger partial charge in [-0.15, -0.1) is 0 Å². The molecule has 0 amide bonds. The van der Waals surface area contributed by atoms with Crippen LogP contribution in [0.15, 0.2) is 18.3 Å². The summed E-state index contributed by atoms with van der Waals surface area (Å²) in [7, 11) is -3.23. The third-order valence-corrected chi connectivity index (χ3v) is 3.32. The molecule has 0 aromatic carbocycles. The fraction of sp³-hybridized carbons (Fsp3) is 0.545. The van der Waals surface area contributed by atoms with E-state index in [4.69, 9.17) is 0 Å². The maximum Gasteiger partial charge on any atom is 0.229 e. The van der Waals surface area contributed by atoms with Crippen LogP contribution >= 0.6 is 0 Å². The molecule has 1 aromatic rings. The maximum atomic E-state index is 11.1. The minimum absolute atomic E-state index is 0.495. The molecule has 0 aliphatic carbocycles. The number of hydrogen-bond acceptors (Lipinski definition) is 5. The summed E-state index contributed by atoms with van der Waals surface area (Å²) in [4.78, 5) is 6.50. The Morgan fingerprint density at radius 1 is 1.33 bits per heavy atom. The van der Waals surface area contributed by atoms with Gasteiger partial charge in [0.1, 0.15) is 5.82 Å². The molecular weight excluding hydrogens is 252 g/mol. The molecule has 1 aliphatic heterocycles. The van der Waals surface area contributed by atoms with Crippen LogP contribution in [-0.4, -0.2) is 45.8 Å². The number of pyridine rings is 1. The van der Waals surface area contributed by atoms with Crippen molar-refractivity contribution in [2.24, 2.45) is 0 Å². The molecule has 0 radical (unpaired) electrons. The Kier molecular flexibility index (Phi) is 4.03. The number of anilines is 2. The van der Waals surface area contributed by atoms with Crippen LogP contribution in [0.4, 0.5) is 11.5 Å². The largest absolute Gasteiger partial charge is 0.355 e. The van der Waals surface area contributed by atoms with Gasteiger partial charge in [-0.3, -0.25) is 4.72 Å². The van der Waals surface area contributed by atoms with Crippen LogP contribution < -0.4 is 14.9 Å². The summed E-state index contributed by atoms with van der Waals surface area (Å²) in [5, 5.41) is 3.33. The van der Waals surface area contributed by atoms with Crippen molar-refractivity contribution in [2.45, 2.75) is 6.42 Å². The van der Waals surface area contributed by atoms with E-state index in [1.807, 2.05) is 6.07 Å². The smallest absolute Gasteiger partial charge is 0.229 e. The van der Waals surface area contributed by atoms with Crippen molar-refractivity contribution in [1.29, 1.82) is 0 Å². The molecule has 1 saturated heterocycles. The SMILES string of the molecule is CS(=O)(=O)Nc1ccc(N2CCCNCC2)nc1. The summed E-state index contributed by atoms with van der Waals surface area (Å²) in [5.74, 6) is 0.887. The quantitative estimate of drug-likeness (QED) is 0.824. The summed E-state index contributed by atoms with van der Waals surface area (Å²) in [6.45, 7) is 3.87. The molecule has 2 heterocycles. The summed E-state index contributed by atoms with van der Waals surface area (Å²) in [5.41, 5.74) is 0.495. The van der Waals surface area contributed by atoms with Crippen LogP contribution in [0.1, 0.15) is 6.42 Å². The first-order valence-corrected chi connectivity index (χ1v) is 7.83. The molecule has 0 bridgehead atoms. The lowest BCUT2D eigenvalue weighted by Gasteiger charge is -2.21. The van der Waals surface area contributed by atoms with E-state index in [0.717, 1.165) is 44.7 Å². The molecule has 0 saturated carbocycles. The van der Waals surface area contributed by atoms with Crippen molar-refractivity contribution in [3.8, 4) is 0 Å². The van der Waals surface area contributed by atoms with Gasteiger partial charge in [-0.05, 0) is 25.1 Å². The van der Waals surface area contributed by atoms with Crippen molar-refractivity contribution >= 4 is 21.5 Å². The van der Waals surface area contributed by atoms with Gasteiger partial charge in [-0.25, -0.2) is 13.4 Å². The molecule has 0 atom stereocenters. The lowest BCUT2D eigenvalue weighted by atomic mass is 10.3.